The topological polar surface area (TPSA) is 53.1 Å². The van der Waals surface area contributed by atoms with E-state index in [0.29, 0.717) is 6.61 Å². The maximum atomic E-state index is 5.91. The molecule has 0 bridgehead atoms. The summed E-state index contributed by atoms with van der Waals surface area (Å²) in [5.74, 6) is 0.898. The lowest BCUT2D eigenvalue weighted by molar-refractivity contribution is 0.301. The van der Waals surface area contributed by atoms with E-state index >= 15 is 0 Å². The minimum atomic E-state index is 0.556. The van der Waals surface area contributed by atoms with Crippen LogP contribution in [-0.2, 0) is 6.61 Å². The van der Waals surface area contributed by atoms with Crippen LogP contribution in [0.2, 0.25) is 0 Å². The van der Waals surface area contributed by atoms with Crippen LogP contribution in [0.5, 0.6) is 5.75 Å². The van der Waals surface area contributed by atoms with E-state index in [1.165, 1.54) is 0 Å². The Hall–Kier alpha value is -2.75. The lowest BCUT2D eigenvalue weighted by atomic mass is 10.0. The third-order valence-electron chi connectivity index (χ3n) is 3.81. The summed E-state index contributed by atoms with van der Waals surface area (Å²) in [5.41, 5.74) is 11.9. The minimum absolute atomic E-state index is 0.556. The molecule has 1 aliphatic heterocycles. The van der Waals surface area contributed by atoms with Crippen molar-refractivity contribution in [2.45, 2.75) is 13.5 Å². The standard InChI is InChI=1S/C17H15N3O/c1-11-15-10-21-16-8-3-2-7-14(16)17(15)20(19-11)13-6-4-5-12(18)9-13/h2-9H,10,18H2,1H3. The van der Waals surface area contributed by atoms with Gasteiger partial charge in [0.25, 0.3) is 0 Å². The van der Waals surface area contributed by atoms with Gasteiger partial charge in [0.1, 0.15) is 12.4 Å². The minimum Gasteiger partial charge on any atom is -0.488 e. The van der Waals surface area contributed by atoms with Gasteiger partial charge in [0.05, 0.1) is 17.1 Å². The fourth-order valence-corrected chi connectivity index (χ4v) is 2.79. The summed E-state index contributed by atoms with van der Waals surface area (Å²) in [6.07, 6.45) is 0. The molecule has 0 spiro atoms. The quantitative estimate of drug-likeness (QED) is 0.694. The summed E-state index contributed by atoms with van der Waals surface area (Å²) in [5, 5.41) is 4.68. The molecule has 2 N–H and O–H groups in total. The first kappa shape index (κ1) is 12.0. The first-order valence-electron chi connectivity index (χ1n) is 6.90. The maximum absolute atomic E-state index is 5.91. The Kier molecular flexibility index (Phi) is 2.51. The Labute approximate surface area is 122 Å². The Bertz CT molecular complexity index is 836. The highest BCUT2D eigenvalue weighted by Gasteiger charge is 2.25. The number of nitrogens with two attached hydrogens (primary N) is 1. The number of aryl methyl sites for hydroxylation is 1. The number of ether oxygens (including phenoxy) is 1. The van der Waals surface area contributed by atoms with Crippen LogP contribution in [0.15, 0.2) is 48.5 Å². The summed E-state index contributed by atoms with van der Waals surface area (Å²) < 4.78 is 7.79. The number of hydrogen-bond donors (Lipinski definition) is 1. The number of rotatable bonds is 1. The fourth-order valence-electron chi connectivity index (χ4n) is 2.79. The number of nitrogens with zero attached hydrogens (tertiary/aromatic N) is 2. The summed E-state index contributed by atoms with van der Waals surface area (Å²) in [6.45, 7) is 2.57. The van der Waals surface area contributed by atoms with E-state index in [1.807, 2.05) is 54.1 Å². The maximum Gasteiger partial charge on any atom is 0.129 e. The molecule has 1 aliphatic rings. The van der Waals surface area contributed by atoms with Gasteiger partial charge in [-0.25, -0.2) is 4.68 Å². The van der Waals surface area contributed by atoms with E-state index in [-0.39, 0.29) is 0 Å². The van der Waals surface area contributed by atoms with Crippen LogP contribution in [0.25, 0.3) is 16.9 Å². The van der Waals surface area contributed by atoms with E-state index < -0.39 is 0 Å². The molecule has 104 valence electrons. The van der Waals surface area contributed by atoms with Crippen LogP contribution in [0, 0.1) is 6.92 Å². The fraction of sp³-hybridized carbons (Fsp3) is 0.118. The molecule has 4 nitrogen and oxygen atoms in total. The van der Waals surface area contributed by atoms with Crippen molar-refractivity contribution in [3.05, 3.63) is 59.8 Å². The summed E-state index contributed by atoms with van der Waals surface area (Å²) in [7, 11) is 0. The molecule has 21 heavy (non-hydrogen) atoms. The Morgan fingerprint density at radius 2 is 2.00 bits per heavy atom. The monoisotopic (exact) mass is 277 g/mol. The highest BCUT2D eigenvalue weighted by molar-refractivity contribution is 5.74. The second kappa shape index (κ2) is 4.38. The first-order chi connectivity index (χ1) is 10.2. The molecule has 0 fully saturated rings. The summed E-state index contributed by atoms with van der Waals surface area (Å²) in [4.78, 5) is 0. The van der Waals surface area contributed by atoms with Crippen LogP contribution in [0.4, 0.5) is 5.69 Å². The predicted molar refractivity (Wildman–Crippen MR) is 82.5 cm³/mol. The highest BCUT2D eigenvalue weighted by atomic mass is 16.5. The molecule has 0 aliphatic carbocycles. The number of nitrogen functional groups attached to an aromatic ring is 1. The van der Waals surface area contributed by atoms with Gasteiger partial charge in [-0.3, -0.25) is 0 Å². The average Bonchev–Trinajstić information content (AvgIpc) is 2.85. The molecule has 3 aromatic rings. The third kappa shape index (κ3) is 1.80. The number of fused-ring (bicyclic) bond motifs is 3. The van der Waals surface area contributed by atoms with E-state index in [2.05, 4.69) is 11.2 Å². The highest BCUT2D eigenvalue weighted by Crippen LogP contribution is 2.39. The number of anilines is 1. The van der Waals surface area contributed by atoms with Gasteiger partial charge in [0.15, 0.2) is 0 Å². The van der Waals surface area contributed by atoms with E-state index in [0.717, 1.165) is 39.6 Å². The van der Waals surface area contributed by atoms with E-state index in [1.54, 1.807) is 0 Å². The Balaban J connectivity index is 2.00. The molecule has 2 aromatic carbocycles. The lowest BCUT2D eigenvalue weighted by Crippen LogP contribution is -2.08. The summed E-state index contributed by atoms with van der Waals surface area (Å²) in [6, 6.07) is 15.8. The number of hydrogen-bond acceptors (Lipinski definition) is 3. The summed E-state index contributed by atoms with van der Waals surface area (Å²) >= 11 is 0. The van der Waals surface area contributed by atoms with Crippen molar-refractivity contribution in [2.75, 3.05) is 5.73 Å². The molecule has 1 aromatic heterocycles. The SMILES string of the molecule is Cc1nn(-c2cccc(N)c2)c2c1COc1ccccc1-2. The van der Waals surface area contributed by atoms with Crippen molar-refractivity contribution in [2.24, 2.45) is 0 Å². The first-order valence-corrected chi connectivity index (χ1v) is 6.90. The Morgan fingerprint density at radius 1 is 1.14 bits per heavy atom. The molecule has 2 heterocycles. The van der Waals surface area contributed by atoms with Gasteiger partial charge in [-0.2, -0.15) is 5.10 Å². The van der Waals surface area contributed by atoms with Gasteiger partial charge in [-0.05, 0) is 37.3 Å². The Morgan fingerprint density at radius 3 is 2.86 bits per heavy atom. The van der Waals surface area contributed by atoms with Gasteiger partial charge in [-0.1, -0.05) is 18.2 Å². The smallest absolute Gasteiger partial charge is 0.129 e. The normalized spacial score (nSPS) is 12.4. The van der Waals surface area contributed by atoms with Gasteiger partial charge in [0, 0.05) is 16.8 Å². The third-order valence-corrected chi connectivity index (χ3v) is 3.81. The largest absolute Gasteiger partial charge is 0.488 e. The molecule has 0 unspecified atom stereocenters. The second-order valence-corrected chi connectivity index (χ2v) is 5.20. The molecule has 0 saturated carbocycles. The van der Waals surface area contributed by atoms with Crippen molar-refractivity contribution in [3.63, 3.8) is 0 Å². The zero-order valence-electron chi connectivity index (χ0n) is 11.7. The molecule has 0 amide bonds. The number of benzene rings is 2. The number of para-hydroxylation sites is 1. The van der Waals surface area contributed by atoms with Gasteiger partial charge < -0.3 is 10.5 Å². The molecular formula is C17H15N3O. The van der Waals surface area contributed by atoms with Gasteiger partial charge in [-0.15, -0.1) is 0 Å². The molecular weight excluding hydrogens is 262 g/mol. The van der Waals surface area contributed by atoms with Crippen LogP contribution in [-0.4, -0.2) is 9.78 Å². The zero-order chi connectivity index (χ0) is 14.4. The molecule has 0 radical (unpaired) electrons. The van der Waals surface area contributed by atoms with E-state index in [9.17, 15) is 0 Å². The van der Waals surface area contributed by atoms with Crippen molar-refractivity contribution in [1.82, 2.24) is 9.78 Å². The molecule has 0 saturated heterocycles. The predicted octanol–water partition coefficient (Wildman–Crippen LogP) is 3.32. The van der Waals surface area contributed by atoms with Gasteiger partial charge in [0.2, 0.25) is 0 Å². The van der Waals surface area contributed by atoms with Crippen molar-refractivity contribution in [3.8, 4) is 22.7 Å². The van der Waals surface area contributed by atoms with Crippen LogP contribution in [0.1, 0.15) is 11.3 Å². The molecule has 4 rings (SSSR count). The van der Waals surface area contributed by atoms with Crippen LogP contribution in [0.3, 0.4) is 0 Å². The zero-order valence-corrected chi connectivity index (χ0v) is 11.7. The molecule has 4 heteroatoms. The van der Waals surface area contributed by atoms with Crippen molar-refractivity contribution >= 4 is 5.69 Å². The lowest BCUT2D eigenvalue weighted by Gasteiger charge is -2.19. The number of aromatic nitrogens is 2. The molecule has 0 atom stereocenters. The van der Waals surface area contributed by atoms with Gasteiger partial charge >= 0.3 is 0 Å². The van der Waals surface area contributed by atoms with E-state index in [4.69, 9.17) is 10.5 Å². The van der Waals surface area contributed by atoms with Crippen LogP contribution < -0.4 is 10.5 Å². The van der Waals surface area contributed by atoms with Crippen LogP contribution >= 0.6 is 0 Å². The average molecular weight is 277 g/mol. The van der Waals surface area contributed by atoms with Crippen molar-refractivity contribution < 1.29 is 4.74 Å². The second-order valence-electron chi connectivity index (χ2n) is 5.20. The van der Waals surface area contributed by atoms with Crippen molar-refractivity contribution in [1.29, 1.82) is 0 Å².